The largest absolute Gasteiger partial charge is 0.394 e. The second-order valence-electron chi connectivity index (χ2n) is 6.42. The monoisotopic (exact) mass is 243 g/mol. The Labute approximate surface area is 106 Å². The summed E-state index contributed by atoms with van der Waals surface area (Å²) >= 11 is 0. The average Bonchev–Trinajstić information content (AvgIpc) is 2.28. The van der Waals surface area contributed by atoms with E-state index >= 15 is 0 Å². The summed E-state index contributed by atoms with van der Waals surface area (Å²) in [6.45, 7) is 10.3. The molecule has 0 aliphatic heterocycles. The molecule has 3 nitrogen and oxygen atoms in total. The molecule has 1 saturated carbocycles. The molecule has 1 aliphatic rings. The van der Waals surface area contributed by atoms with Crippen LogP contribution in [0.2, 0.25) is 0 Å². The Hall–Kier alpha value is -0.120. The maximum Gasteiger partial charge on any atom is 0.0671 e. The SMILES string of the molecule is CCNC(C)(CO)COC1CCC(C)(C)CC1. The summed E-state index contributed by atoms with van der Waals surface area (Å²) in [5.74, 6) is 0. The second-order valence-corrected chi connectivity index (χ2v) is 6.42. The Kier molecular flexibility index (Phi) is 5.42. The lowest BCUT2D eigenvalue weighted by molar-refractivity contribution is -0.0329. The molecule has 102 valence electrons. The molecular weight excluding hydrogens is 214 g/mol. The van der Waals surface area contributed by atoms with E-state index in [0.29, 0.717) is 18.1 Å². The summed E-state index contributed by atoms with van der Waals surface area (Å²) in [6, 6.07) is 0. The van der Waals surface area contributed by atoms with Gasteiger partial charge >= 0.3 is 0 Å². The van der Waals surface area contributed by atoms with Crippen LogP contribution in [0.1, 0.15) is 53.4 Å². The number of aliphatic hydroxyl groups is 1. The fourth-order valence-corrected chi connectivity index (χ4v) is 2.42. The van der Waals surface area contributed by atoms with Crippen molar-refractivity contribution in [3.05, 3.63) is 0 Å². The number of hydrogen-bond acceptors (Lipinski definition) is 3. The van der Waals surface area contributed by atoms with Gasteiger partial charge in [-0.15, -0.1) is 0 Å². The van der Waals surface area contributed by atoms with E-state index in [-0.39, 0.29) is 12.1 Å². The highest BCUT2D eigenvalue weighted by Gasteiger charge is 2.29. The van der Waals surface area contributed by atoms with Crippen LogP contribution in [0.15, 0.2) is 0 Å². The molecule has 0 aromatic rings. The van der Waals surface area contributed by atoms with E-state index in [1.807, 2.05) is 6.92 Å². The van der Waals surface area contributed by atoms with Crippen molar-refractivity contribution in [3.63, 3.8) is 0 Å². The van der Waals surface area contributed by atoms with Crippen LogP contribution in [-0.4, -0.2) is 36.5 Å². The normalized spacial score (nSPS) is 24.5. The van der Waals surface area contributed by atoms with E-state index in [1.165, 1.54) is 12.8 Å². The first-order chi connectivity index (χ1) is 7.91. The molecule has 0 aromatic carbocycles. The van der Waals surface area contributed by atoms with Gasteiger partial charge in [0.25, 0.3) is 0 Å². The van der Waals surface area contributed by atoms with Crippen molar-refractivity contribution >= 4 is 0 Å². The van der Waals surface area contributed by atoms with Gasteiger partial charge in [0.05, 0.1) is 24.9 Å². The predicted octanol–water partition coefficient (Wildman–Crippen LogP) is 2.33. The van der Waals surface area contributed by atoms with E-state index in [9.17, 15) is 5.11 Å². The Bertz CT molecular complexity index is 220. The van der Waals surface area contributed by atoms with Crippen molar-refractivity contribution in [2.45, 2.75) is 65.0 Å². The fraction of sp³-hybridized carbons (Fsp3) is 1.00. The van der Waals surface area contributed by atoms with Gasteiger partial charge in [0, 0.05) is 0 Å². The van der Waals surface area contributed by atoms with Crippen LogP contribution >= 0.6 is 0 Å². The smallest absolute Gasteiger partial charge is 0.0671 e. The minimum absolute atomic E-state index is 0.124. The van der Waals surface area contributed by atoms with Crippen LogP contribution in [0.5, 0.6) is 0 Å². The van der Waals surface area contributed by atoms with Crippen molar-refractivity contribution in [2.75, 3.05) is 19.8 Å². The van der Waals surface area contributed by atoms with Gasteiger partial charge in [-0.05, 0) is 44.6 Å². The highest BCUT2D eigenvalue weighted by atomic mass is 16.5. The first-order valence-electron chi connectivity index (χ1n) is 6.88. The van der Waals surface area contributed by atoms with Crippen molar-refractivity contribution in [1.29, 1.82) is 0 Å². The molecule has 1 aliphatic carbocycles. The van der Waals surface area contributed by atoms with Gasteiger partial charge in [-0.1, -0.05) is 20.8 Å². The minimum Gasteiger partial charge on any atom is -0.394 e. The van der Waals surface area contributed by atoms with E-state index < -0.39 is 0 Å². The zero-order valence-corrected chi connectivity index (χ0v) is 11.9. The van der Waals surface area contributed by atoms with Crippen LogP contribution in [0.25, 0.3) is 0 Å². The molecule has 1 fully saturated rings. The molecule has 0 amide bonds. The molecule has 1 atom stereocenters. The molecule has 0 spiro atoms. The molecule has 17 heavy (non-hydrogen) atoms. The summed E-state index contributed by atoms with van der Waals surface area (Å²) in [5.41, 5.74) is 0.198. The number of rotatable bonds is 6. The number of nitrogens with one attached hydrogen (secondary N) is 1. The maximum atomic E-state index is 9.39. The molecule has 1 unspecified atom stereocenters. The van der Waals surface area contributed by atoms with E-state index in [4.69, 9.17) is 4.74 Å². The molecule has 0 saturated heterocycles. The summed E-state index contributed by atoms with van der Waals surface area (Å²) in [7, 11) is 0. The zero-order valence-electron chi connectivity index (χ0n) is 11.9. The highest BCUT2D eigenvalue weighted by Crippen LogP contribution is 2.36. The molecule has 1 rings (SSSR count). The molecule has 0 bridgehead atoms. The molecule has 2 N–H and O–H groups in total. The summed E-state index contributed by atoms with van der Waals surface area (Å²) in [4.78, 5) is 0. The van der Waals surface area contributed by atoms with Gasteiger partial charge < -0.3 is 15.2 Å². The Morgan fingerprint density at radius 3 is 2.41 bits per heavy atom. The molecule has 0 aromatic heterocycles. The lowest BCUT2D eigenvalue weighted by Gasteiger charge is -2.36. The Morgan fingerprint density at radius 2 is 1.94 bits per heavy atom. The van der Waals surface area contributed by atoms with Gasteiger partial charge in [0.2, 0.25) is 0 Å². The first-order valence-corrected chi connectivity index (χ1v) is 6.88. The van der Waals surface area contributed by atoms with Crippen molar-refractivity contribution in [1.82, 2.24) is 5.32 Å². The van der Waals surface area contributed by atoms with Crippen molar-refractivity contribution in [3.8, 4) is 0 Å². The number of ether oxygens (including phenoxy) is 1. The molecule has 0 radical (unpaired) electrons. The lowest BCUT2D eigenvalue weighted by Crippen LogP contribution is -2.50. The first kappa shape index (κ1) is 14.9. The van der Waals surface area contributed by atoms with Gasteiger partial charge in [0.15, 0.2) is 0 Å². The summed E-state index contributed by atoms with van der Waals surface area (Å²) in [6.07, 6.45) is 5.18. The van der Waals surface area contributed by atoms with Crippen molar-refractivity contribution in [2.24, 2.45) is 5.41 Å². The molecule has 0 heterocycles. The maximum absolute atomic E-state index is 9.39. The summed E-state index contributed by atoms with van der Waals surface area (Å²) in [5, 5.41) is 12.7. The van der Waals surface area contributed by atoms with Gasteiger partial charge in [-0.25, -0.2) is 0 Å². The zero-order chi connectivity index (χ0) is 12.9. The number of likely N-dealkylation sites (N-methyl/N-ethyl adjacent to an activating group) is 1. The van der Waals surface area contributed by atoms with Gasteiger partial charge in [0.1, 0.15) is 0 Å². The Balaban J connectivity index is 2.31. The fourth-order valence-electron chi connectivity index (χ4n) is 2.42. The van der Waals surface area contributed by atoms with Gasteiger partial charge in [-0.2, -0.15) is 0 Å². The van der Waals surface area contributed by atoms with E-state index in [1.54, 1.807) is 0 Å². The van der Waals surface area contributed by atoms with Crippen LogP contribution < -0.4 is 5.32 Å². The molecular formula is C14H29NO2. The third-order valence-corrected chi connectivity index (χ3v) is 3.88. The third-order valence-electron chi connectivity index (χ3n) is 3.88. The predicted molar refractivity (Wildman–Crippen MR) is 71.2 cm³/mol. The quantitative estimate of drug-likeness (QED) is 0.752. The molecule has 3 heteroatoms. The van der Waals surface area contributed by atoms with E-state index in [0.717, 1.165) is 19.4 Å². The highest BCUT2D eigenvalue weighted by molar-refractivity contribution is 4.84. The second kappa shape index (κ2) is 6.17. The van der Waals surface area contributed by atoms with Crippen LogP contribution in [0.4, 0.5) is 0 Å². The van der Waals surface area contributed by atoms with E-state index in [2.05, 4.69) is 26.1 Å². The van der Waals surface area contributed by atoms with Crippen LogP contribution in [0.3, 0.4) is 0 Å². The lowest BCUT2D eigenvalue weighted by atomic mass is 9.76. The van der Waals surface area contributed by atoms with Crippen LogP contribution in [-0.2, 0) is 4.74 Å². The van der Waals surface area contributed by atoms with Gasteiger partial charge in [-0.3, -0.25) is 0 Å². The average molecular weight is 243 g/mol. The number of aliphatic hydroxyl groups excluding tert-OH is 1. The van der Waals surface area contributed by atoms with Crippen molar-refractivity contribution < 1.29 is 9.84 Å². The minimum atomic E-state index is -0.290. The standard InChI is InChI=1S/C14H29NO2/c1-5-15-14(4,10-16)11-17-12-6-8-13(2,3)9-7-12/h12,15-16H,5-11H2,1-4H3. The number of hydrogen-bond donors (Lipinski definition) is 2. The topological polar surface area (TPSA) is 41.5 Å². The van der Waals surface area contributed by atoms with Crippen LogP contribution in [0, 0.1) is 5.41 Å². The Morgan fingerprint density at radius 1 is 1.35 bits per heavy atom. The third kappa shape index (κ3) is 4.94. The summed E-state index contributed by atoms with van der Waals surface area (Å²) < 4.78 is 5.96.